The molecule has 1 atom stereocenters. The van der Waals surface area contributed by atoms with Gasteiger partial charge < -0.3 is 9.88 Å². The molecule has 3 aromatic carbocycles. The van der Waals surface area contributed by atoms with Gasteiger partial charge >= 0.3 is 0 Å². The van der Waals surface area contributed by atoms with E-state index in [-0.39, 0.29) is 10.7 Å². The second-order valence-corrected chi connectivity index (χ2v) is 9.82. The number of para-hydroxylation sites is 2. The molecule has 0 spiro atoms. The highest BCUT2D eigenvalue weighted by atomic mass is 32.2. The van der Waals surface area contributed by atoms with E-state index in [2.05, 4.69) is 20.0 Å². The lowest BCUT2D eigenvalue weighted by atomic mass is 10.1. The summed E-state index contributed by atoms with van der Waals surface area (Å²) in [5.41, 5.74) is 2.80. The van der Waals surface area contributed by atoms with Gasteiger partial charge in [-0.1, -0.05) is 60.7 Å². The van der Waals surface area contributed by atoms with Gasteiger partial charge in [0.1, 0.15) is 11.9 Å². The molecule has 0 aliphatic heterocycles. The molecule has 0 saturated heterocycles. The highest BCUT2D eigenvalue weighted by Crippen LogP contribution is 2.31. The molecule has 176 valence electrons. The Bertz CT molecular complexity index is 1600. The molecule has 5 aromatic rings. The second-order valence-electron chi connectivity index (χ2n) is 8.16. The number of fused-ring (bicyclic) bond motifs is 1. The summed E-state index contributed by atoms with van der Waals surface area (Å²) < 4.78 is 31.2. The molecule has 0 radical (unpaired) electrons. The Balaban J connectivity index is 1.63. The number of benzene rings is 3. The molecule has 0 unspecified atom stereocenters. The number of aromatic nitrogens is 4. The molecule has 0 fully saturated rings. The smallest absolute Gasteiger partial charge is 0.263 e. The number of hydrogen-bond acceptors (Lipinski definition) is 6. The van der Waals surface area contributed by atoms with Crippen LogP contribution in [-0.4, -0.2) is 27.9 Å². The molecule has 9 heteroatoms. The van der Waals surface area contributed by atoms with E-state index in [4.69, 9.17) is 4.98 Å². The van der Waals surface area contributed by atoms with Gasteiger partial charge in [0.05, 0.1) is 15.9 Å². The highest BCUT2D eigenvalue weighted by Gasteiger charge is 2.24. The fraction of sp³-hybridized carbons (Fsp3) is 0.115. The van der Waals surface area contributed by atoms with E-state index in [0.717, 1.165) is 11.4 Å². The van der Waals surface area contributed by atoms with Gasteiger partial charge in [-0.3, -0.25) is 4.72 Å². The van der Waals surface area contributed by atoms with Gasteiger partial charge in [-0.25, -0.2) is 23.4 Å². The van der Waals surface area contributed by atoms with E-state index in [0.29, 0.717) is 22.4 Å². The average molecular weight is 485 g/mol. The van der Waals surface area contributed by atoms with Crippen LogP contribution >= 0.6 is 0 Å². The van der Waals surface area contributed by atoms with E-state index in [1.54, 1.807) is 43.5 Å². The fourth-order valence-corrected chi connectivity index (χ4v) is 5.20. The number of rotatable bonds is 7. The Kier molecular flexibility index (Phi) is 5.92. The van der Waals surface area contributed by atoms with E-state index < -0.39 is 16.1 Å². The summed E-state index contributed by atoms with van der Waals surface area (Å²) in [4.78, 5) is 14.1. The van der Waals surface area contributed by atoms with Crippen molar-refractivity contribution in [1.82, 2.24) is 19.5 Å². The lowest BCUT2D eigenvalue weighted by Gasteiger charge is -2.22. The first-order valence-corrected chi connectivity index (χ1v) is 12.5. The first kappa shape index (κ1) is 22.5. The van der Waals surface area contributed by atoms with Gasteiger partial charge in [0.2, 0.25) is 0 Å². The normalized spacial score (nSPS) is 12.4. The van der Waals surface area contributed by atoms with Crippen LogP contribution in [0.3, 0.4) is 0 Å². The Morgan fingerprint density at radius 3 is 2.11 bits per heavy atom. The van der Waals surface area contributed by atoms with Crippen molar-refractivity contribution < 1.29 is 8.42 Å². The molecule has 8 nitrogen and oxygen atoms in total. The van der Waals surface area contributed by atoms with Crippen molar-refractivity contribution in [3.05, 3.63) is 108 Å². The molecule has 0 saturated carbocycles. The summed E-state index contributed by atoms with van der Waals surface area (Å²) in [7, 11) is -2.00. The summed E-state index contributed by atoms with van der Waals surface area (Å²) in [6.07, 6.45) is 3.58. The molecule has 2 N–H and O–H groups in total. The predicted octanol–water partition coefficient (Wildman–Crippen LogP) is 4.67. The molecule has 35 heavy (non-hydrogen) atoms. The Hall–Kier alpha value is -4.24. The van der Waals surface area contributed by atoms with Crippen LogP contribution in [0.25, 0.3) is 11.0 Å². The Labute approximate surface area is 203 Å². The van der Waals surface area contributed by atoms with E-state index in [1.165, 1.54) is 0 Å². The van der Waals surface area contributed by atoms with Gasteiger partial charge in [-0.05, 0) is 36.2 Å². The van der Waals surface area contributed by atoms with Crippen LogP contribution in [0.1, 0.15) is 23.0 Å². The fourth-order valence-electron chi connectivity index (χ4n) is 3.95. The maximum absolute atomic E-state index is 13.3. The molecule has 0 aliphatic rings. The average Bonchev–Trinajstić information content (AvgIpc) is 3.28. The summed E-state index contributed by atoms with van der Waals surface area (Å²) in [6.45, 7) is 1.76. The standard InChI is InChI=1S/C26H24N6O2S/c1-18-10-6-9-15-22(18)35(33,34)31-25-24(28-20-13-7-8-14-21(20)29-25)30-23(19-11-4-3-5-12-19)26-27-16-17-32(26)2/h3-17,23H,1-2H3,(H,28,30)(H,29,31)/t23-/m1/s1. The topological polar surface area (TPSA) is 102 Å². The summed E-state index contributed by atoms with van der Waals surface area (Å²) in [5.74, 6) is 1.17. The van der Waals surface area contributed by atoms with Crippen LogP contribution < -0.4 is 10.0 Å². The molecule has 2 aromatic heterocycles. The third-order valence-corrected chi connectivity index (χ3v) is 7.21. The van der Waals surface area contributed by atoms with Crippen LogP contribution in [0.5, 0.6) is 0 Å². The number of sulfonamides is 1. The third kappa shape index (κ3) is 4.58. The Morgan fingerprint density at radius 2 is 1.46 bits per heavy atom. The van der Waals surface area contributed by atoms with Crippen molar-refractivity contribution >= 4 is 32.7 Å². The number of nitrogens with zero attached hydrogens (tertiary/aromatic N) is 4. The lowest BCUT2D eigenvalue weighted by molar-refractivity contribution is 0.600. The highest BCUT2D eigenvalue weighted by molar-refractivity contribution is 7.92. The second kappa shape index (κ2) is 9.19. The number of nitrogens with one attached hydrogen (secondary N) is 2. The van der Waals surface area contributed by atoms with Crippen LogP contribution in [-0.2, 0) is 17.1 Å². The van der Waals surface area contributed by atoms with Gasteiger partial charge in [0, 0.05) is 19.4 Å². The number of hydrogen-bond donors (Lipinski definition) is 2. The quantitative estimate of drug-likeness (QED) is 0.348. The summed E-state index contributed by atoms with van der Waals surface area (Å²) in [5, 5.41) is 3.40. The lowest BCUT2D eigenvalue weighted by Crippen LogP contribution is -2.21. The molecule has 0 aliphatic carbocycles. The van der Waals surface area contributed by atoms with Crippen molar-refractivity contribution in [2.75, 3.05) is 10.0 Å². The van der Waals surface area contributed by atoms with Gasteiger partial charge in [0.25, 0.3) is 10.0 Å². The molecule has 2 heterocycles. The zero-order chi connectivity index (χ0) is 24.4. The Morgan fingerprint density at radius 1 is 0.829 bits per heavy atom. The molecular weight excluding hydrogens is 460 g/mol. The zero-order valence-corrected chi connectivity index (χ0v) is 20.1. The van der Waals surface area contributed by atoms with Crippen molar-refractivity contribution in [2.45, 2.75) is 17.9 Å². The van der Waals surface area contributed by atoms with Crippen LogP contribution in [0.2, 0.25) is 0 Å². The maximum Gasteiger partial charge on any atom is 0.263 e. The molecule has 0 amide bonds. The van der Waals surface area contributed by atoms with Gasteiger partial charge in [-0.2, -0.15) is 0 Å². The SMILES string of the molecule is Cc1ccccc1S(=O)(=O)Nc1nc2ccccc2nc1N[C@H](c1ccccc1)c1nccn1C. The zero-order valence-electron chi connectivity index (χ0n) is 19.3. The minimum atomic E-state index is -3.91. The predicted molar refractivity (Wildman–Crippen MR) is 137 cm³/mol. The first-order valence-electron chi connectivity index (χ1n) is 11.1. The van der Waals surface area contributed by atoms with Crippen molar-refractivity contribution in [2.24, 2.45) is 7.05 Å². The van der Waals surface area contributed by atoms with Crippen molar-refractivity contribution in [1.29, 1.82) is 0 Å². The first-order chi connectivity index (χ1) is 16.9. The van der Waals surface area contributed by atoms with Crippen molar-refractivity contribution in [3.8, 4) is 0 Å². The van der Waals surface area contributed by atoms with Crippen LogP contribution in [0, 0.1) is 6.92 Å². The maximum atomic E-state index is 13.3. The number of aryl methyl sites for hydroxylation is 2. The van der Waals surface area contributed by atoms with Gasteiger partial charge in [-0.15, -0.1) is 0 Å². The number of imidazole rings is 1. The summed E-state index contributed by atoms with van der Waals surface area (Å²) >= 11 is 0. The molecule has 0 bridgehead atoms. The minimum absolute atomic E-state index is 0.113. The third-order valence-electron chi connectivity index (χ3n) is 5.72. The van der Waals surface area contributed by atoms with E-state index >= 15 is 0 Å². The largest absolute Gasteiger partial charge is 0.353 e. The number of anilines is 2. The summed E-state index contributed by atoms with van der Waals surface area (Å²) in [6, 6.07) is 23.6. The van der Waals surface area contributed by atoms with Gasteiger partial charge in [0.15, 0.2) is 11.6 Å². The monoisotopic (exact) mass is 484 g/mol. The van der Waals surface area contributed by atoms with E-state index in [9.17, 15) is 8.42 Å². The van der Waals surface area contributed by atoms with Crippen LogP contribution in [0.15, 0.2) is 96.2 Å². The van der Waals surface area contributed by atoms with Crippen LogP contribution in [0.4, 0.5) is 11.6 Å². The van der Waals surface area contributed by atoms with Crippen molar-refractivity contribution in [3.63, 3.8) is 0 Å². The molecule has 5 rings (SSSR count). The minimum Gasteiger partial charge on any atom is -0.353 e. The molecular formula is C26H24N6O2S. The van der Waals surface area contributed by atoms with E-state index in [1.807, 2.05) is 66.3 Å².